The van der Waals surface area contributed by atoms with Crippen molar-refractivity contribution in [1.82, 2.24) is 10.6 Å². The number of carbonyl (C=O) groups is 1. The number of amides is 1. The first-order valence-corrected chi connectivity index (χ1v) is 7.21. The molecule has 20 heavy (non-hydrogen) atoms. The average Bonchev–Trinajstić information content (AvgIpc) is 2.91. The molecular formula is C17H20N2O. The summed E-state index contributed by atoms with van der Waals surface area (Å²) in [5, 5.41) is 8.79. The van der Waals surface area contributed by atoms with Crippen LogP contribution in [0.1, 0.15) is 12.5 Å². The summed E-state index contributed by atoms with van der Waals surface area (Å²) < 4.78 is 0. The molecule has 2 atom stereocenters. The summed E-state index contributed by atoms with van der Waals surface area (Å²) in [5.41, 5.74) is 1.18. The number of benzene rings is 2. The van der Waals surface area contributed by atoms with E-state index in [-0.39, 0.29) is 11.8 Å². The predicted octanol–water partition coefficient (Wildman–Crippen LogP) is 2.31. The van der Waals surface area contributed by atoms with Crippen LogP contribution >= 0.6 is 0 Å². The lowest BCUT2D eigenvalue weighted by Crippen LogP contribution is -2.33. The third-order valence-corrected chi connectivity index (χ3v) is 4.19. The van der Waals surface area contributed by atoms with Gasteiger partial charge in [-0.3, -0.25) is 4.79 Å². The zero-order valence-corrected chi connectivity index (χ0v) is 11.7. The van der Waals surface area contributed by atoms with Crippen LogP contribution in [0.4, 0.5) is 0 Å². The molecule has 3 heteroatoms. The fraction of sp³-hybridized carbons (Fsp3) is 0.353. The molecule has 2 aromatic carbocycles. The van der Waals surface area contributed by atoms with Crippen LogP contribution in [0.5, 0.6) is 0 Å². The highest BCUT2D eigenvalue weighted by Crippen LogP contribution is 2.19. The maximum atomic E-state index is 12.2. The Balaban J connectivity index is 1.72. The van der Waals surface area contributed by atoms with Gasteiger partial charge in [-0.25, -0.2) is 0 Å². The molecule has 3 rings (SSSR count). The SMILES string of the molecule is C[C@@H]1CNC[C@H]1C(=O)NCc1cccc2ccccc12. The number of hydrogen-bond donors (Lipinski definition) is 2. The van der Waals surface area contributed by atoms with Gasteiger partial charge in [0.1, 0.15) is 0 Å². The Bertz CT molecular complexity index is 618. The predicted molar refractivity (Wildman–Crippen MR) is 81.3 cm³/mol. The lowest BCUT2D eigenvalue weighted by Gasteiger charge is -2.15. The highest BCUT2D eigenvalue weighted by molar-refractivity contribution is 5.86. The molecule has 2 N–H and O–H groups in total. The number of rotatable bonds is 3. The van der Waals surface area contributed by atoms with E-state index in [9.17, 15) is 4.79 Å². The quantitative estimate of drug-likeness (QED) is 0.897. The topological polar surface area (TPSA) is 41.1 Å². The summed E-state index contributed by atoms with van der Waals surface area (Å²) in [7, 11) is 0. The fourth-order valence-corrected chi connectivity index (χ4v) is 2.92. The van der Waals surface area contributed by atoms with Gasteiger partial charge in [-0.1, -0.05) is 49.4 Å². The third kappa shape index (κ3) is 2.54. The van der Waals surface area contributed by atoms with Crippen LogP contribution in [0, 0.1) is 11.8 Å². The summed E-state index contributed by atoms with van der Waals surface area (Å²) in [5.74, 6) is 0.683. The van der Waals surface area contributed by atoms with E-state index in [2.05, 4.69) is 41.8 Å². The fourth-order valence-electron chi connectivity index (χ4n) is 2.92. The molecule has 1 fully saturated rings. The molecule has 1 aliphatic heterocycles. The van der Waals surface area contributed by atoms with Crippen molar-refractivity contribution in [2.45, 2.75) is 13.5 Å². The van der Waals surface area contributed by atoms with Crippen molar-refractivity contribution in [1.29, 1.82) is 0 Å². The molecule has 0 aromatic heterocycles. The van der Waals surface area contributed by atoms with Crippen molar-refractivity contribution in [2.75, 3.05) is 13.1 Å². The number of carbonyl (C=O) groups excluding carboxylic acids is 1. The first kappa shape index (κ1) is 13.1. The van der Waals surface area contributed by atoms with Crippen molar-refractivity contribution in [3.05, 3.63) is 48.0 Å². The molecule has 2 aromatic rings. The van der Waals surface area contributed by atoms with Crippen molar-refractivity contribution in [3.8, 4) is 0 Å². The van der Waals surface area contributed by atoms with E-state index in [0.29, 0.717) is 12.5 Å². The lowest BCUT2D eigenvalue weighted by atomic mass is 9.97. The molecule has 0 spiro atoms. The average molecular weight is 268 g/mol. The number of nitrogens with one attached hydrogen (secondary N) is 2. The van der Waals surface area contributed by atoms with Crippen LogP contribution in [0.15, 0.2) is 42.5 Å². The van der Waals surface area contributed by atoms with E-state index < -0.39 is 0 Å². The standard InChI is InChI=1S/C17H20N2O/c1-12-9-18-11-16(12)17(20)19-10-14-7-4-6-13-5-2-3-8-15(13)14/h2-8,12,16,18H,9-11H2,1H3,(H,19,20)/t12-,16-/m1/s1. The van der Waals surface area contributed by atoms with Gasteiger partial charge in [-0.15, -0.1) is 0 Å². The molecule has 0 radical (unpaired) electrons. The molecule has 1 heterocycles. The van der Waals surface area contributed by atoms with Gasteiger partial charge in [-0.05, 0) is 28.8 Å². The Hall–Kier alpha value is -1.87. The second-order valence-corrected chi connectivity index (χ2v) is 5.60. The molecule has 0 aliphatic carbocycles. The lowest BCUT2D eigenvalue weighted by molar-refractivity contribution is -0.125. The second kappa shape index (κ2) is 5.63. The molecule has 3 nitrogen and oxygen atoms in total. The molecule has 0 saturated carbocycles. The number of hydrogen-bond acceptors (Lipinski definition) is 2. The van der Waals surface area contributed by atoms with Crippen LogP contribution in [-0.4, -0.2) is 19.0 Å². The minimum Gasteiger partial charge on any atom is -0.352 e. The van der Waals surface area contributed by atoms with E-state index in [1.54, 1.807) is 0 Å². The Morgan fingerprint density at radius 2 is 2.00 bits per heavy atom. The van der Waals surface area contributed by atoms with Crippen molar-refractivity contribution < 1.29 is 4.79 Å². The van der Waals surface area contributed by atoms with Crippen molar-refractivity contribution in [2.24, 2.45) is 11.8 Å². The van der Waals surface area contributed by atoms with Crippen LogP contribution in [0.3, 0.4) is 0 Å². The van der Waals surface area contributed by atoms with Crippen molar-refractivity contribution >= 4 is 16.7 Å². The van der Waals surface area contributed by atoms with Crippen LogP contribution in [0.2, 0.25) is 0 Å². The monoisotopic (exact) mass is 268 g/mol. The number of fused-ring (bicyclic) bond motifs is 1. The van der Waals surface area contributed by atoms with Crippen molar-refractivity contribution in [3.63, 3.8) is 0 Å². The Labute approximate surface area is 119 Å². The highest BCUT2D eigenvalue weighted by Gasteiger charge is 2.29. The Morgan fingerprint density at radius 3 is 2.80 bits per heavy atom. The molecule has 1 amide bonds. The van der Waals surface area contributed by atoms with Crippen LogP contribution in [-0.2, 0) is 11.3 Å². The highest BCUT2D eigenvalue weighted by atomic mass is 16.1. The van der Waals surface area contributed by atoms with Crippen LogP contribution < -0.4 is 10.6 Å². The molecule has 0 unspecified atom stereocenters. The van der Waals surface area contributed by atoms with Gasteiger partial charge in [0.25, 0.3) is 0 Å². The van der Waals surface area contributed by atoms with Gasteiger partial charge in [0.15, 0.2) is 0 Å². The minimum absolute atomic E-state index is 0.102. The Kier molecular flexibility index (Phi) is 3.70. The zero-order chi connectivity index (χ0) is 13.9. The van der Waals surface area contributed by atoms with Crippen LogP contribution in [0.25, 0.3) is 10.8 Å². The smallest absolute Gasteiger partial charge is 0.224 e. The first-order chi connectivity index (χ1) is 9.75. The van der Waals surface area contributed by atoms with Gasteiger partial charge in [-0.2, -0.15) is 0 Å². The van der Waals surface area contributed by atoms with Gasteiger partial charge in [0.2, 0.25) is 5.91 Å². The molecule has 104 valence electrons. The van der Waals surface area contributed by atoms with E-state index in [1.165, 1.54) is 16.3 Å². The summed E-state index contributed by atoms with van der Waals surface area (Å²) in [6.07, 6.45) is 0. The Morgan fingerprint density at radius 1 is 1.20 bits per heavy atom. The van der Waals surface area contributed by atoms with Gasteiger partial charge < -0.3 is 10.6 Å². The zero-order valence-electron chi connectivity index (χ0n) is 11.7. The molecular weight excluding hydrogens is 248 g/mol. The first-order valence-electron chi connectivity index (χ1n) is 7.21. The van der Waals surface area contributed by atoms with Gasteiger partial charge in [0.05, 0.1) is 5.92 Å². The van der Waals surface area contributed by atoms with E-state index >= 15 is 0 Å². The van der Waals surface area contributed by atoms with E-state index in [4.69, 9.17) is 0 Å². The minimum atomic E-state index is 0.102. The summed E-state index contributed by atoms with van der Waals surface area (Å²) >= 11 is 0. The summed E-state index contributed by atoms with van der Waals surface area (Å²) in [6, 6.07) is 14.5. The second-order valence-electron chi connectivity index (χ2n) is 5.60. The van der Waals surface area contributed by atoms with E-state index in [0.717, 1.165) is 13.1 Å². The normalized spacial score (nSPS) is 22.1. The molecule has 1 saturated heterocycles. The van der Waals surface area contributed by atoms with Gasteiger partial charge in [0, 0.05) is 13.1 Å². The third-order valence-electron chi connectivity index (χ3n) is 4.19. The largest absolute Gasteiger partial charge is 0.352 e. The van der Waals surface area contributed by atoms with E-state index in [1.807, 2.05) is 18.2 Å². The summed E-state index contributed by atoms with van der Waals surface area (Å²) in [4.78, 5) is 12.2. The maximum Gasteiger partial charge on any atom is 0.224 e. The maximum absolute atomic E-state index is 12.2. The van der Waals surface area contributed by atoms with Gasteiger partial charge >= 0.3 is 0 Å². The molecule has 1 aliphatic rings. The summed E-state index contributed by atoms with van der Waals surface area (Å²) in [6.45, 7) is 4.46. The molecule has 0 bridgehead atoms.